The van der Waals surface area contributed by atoms with Gasteiger partial charge < -0.3 is 19.8 Å². The number of aromatic nitrogens is 3. The summed E-state index contributed by atoms with van der Waals surface area (Å²) >= 11 is 1.77. The van der Waals surface area contributed by atoms with Crippen molar-refractivity contribution in [2.45, 2.75) is 25.4 Å². The first-order valence-electron chi connectivity index (χ1n) is 10.4. The minimum absolute atomic E-state index is 0.174. The Balaban J connectivity index is 1.29. The van der Waals surface area contributed by atoms with E-state index in [1.54, 1.807) is 11.3 Å². The summed E-state index contributed by atoms with van der Waals surface area (Å²) in [6, 6.07) is 10.3. The van der Waals surface area contributed by atoms with E-state index in [9.17, 15) is 5.11 Å². The smallest absolute Gasteiger partial charge is 0.227 e. The molecule has 7 nitrogen and oxygen atoms in total. The molecular weight excluding hydrogens is 384 g/mol. The number of nitrogens with zero attached hydrogens (tertiary/aromatic N) is 6. The van der Waals surface area contributed by atoms with Crippen molar-refractivity contribution in [3.8, 4) is 0 Å². The predicted octanol–water partition coefficient (Wildman–Crippen LogP) is 2.76. The number of aliphatic hydroxyl groups excluding tert-OH is 1. The van der Waals surface area contributed by atoms with Gasteiger partial charge in [-0.25, -0.2) is 9.97 Å². The van der Waals surface area contributed by atoms with E-state index in [1.807, 2.05) is 18.3 Å². The molecule has 8 heteroatoms. The minimum atomic E-state index is -0.174. The van der Waals surface area contributed by atoms with Crippen LogP contribution in [0.1, 0.15) is 19.3 Å². The molecule has 0 unspecified atom stereocenters. The molecule has 0 spiro atoms. The fourth-order valence-corrected chi connectivity index (χ4v) is 5.08. The summed E-state index contributed by atoms with van der Waals surface area (Å²) in [7, 11) is 0. The molecule has 2 aliphatic heterocycles. The van der Waals surface area contributed by atoms with Gasteiger partial charge in [0.05, 0.1) is 16.3 Å². The molecule has 1 aromatic carbocycles. The van der Waals surface area contributed by atoms with Crippen LogP contribution < -0.4 is 14.7 Å². The van der Waals surface area contributed by atoms with E-state index < -0.39 is 0 Å². The highest BCUT2D eigenvalue weighted by Crippen LogP contribution is 2.29. The number of anilines is 3. The molecule has 2 saturated heterocycles. The monoisotopic (exact) mass is 410 g/mol. The van der Waals surface area contributed by atoms with Gasteiger partial charge >= 0.3 is 0 Å². The summed E-state index contributed by atoms with van der Waals surface area (Å²) in [5.41, 5.74) is 1.08. The second kappa shape index (κ2) is 8.12. The first-order valence-corrected chi connectivity index (χ1v) is 11.2. The number of fused-ring (bicyclic) bond motifs is 1. The summed E-state index contributed by atoms with van der Waals surface area (Å²) in [4.78, 5) is 21.2. The number of rotatable bonds is 3. The fraction of sp³-hybridized carbons (Fsp3) is 0.476. The lowest BCUT2D eigenvalue weighted by Gasteiger charge is -2.31. The Hall–Kier alpha value is -2.45. The van der Waals surface area contributed by atoms with E-state index in [2.05, 4.69) is 37.9 Å². The van der Waals surface area contributed by atoms with Gasteiger partial charge in [0, 0.05) is 45.5 Å². The van der Waals surface area contributed by atoms with Crippen LogP contribution in [0, 0.1) is 0 Å². The van der Waals surface area contributed by atoms with Gasteiger partial charge in [-0.15, -0.1) is 0 Å². The first kappa shape index (κ1) is 18.6. The zero-order valence-corrected chi connectivity index (χ0v) is 17.3. The van der Waals surface area contributed by atoms with E-state index in [-0.39, 0.29) is 6.10 Å². The fourth-order valence-electron chi connectivity index (χ4n) is 4.07. The van der Waals surface area contributed by atoms with Crippen LogP contribution in [-0.4, -0.2) is 65.4 Å². The molecule has 0 aliphatic carbocycles. The number of hydrogen-bond acceptors (Lipinski definition) is 8. The highest BCUT2D eigenvalue weighted by Gasteiger charge is 2.22. The molecule has 0 radical (unpaired) electrons. The molecule has 152 valence electrons. The zero-order chi connectivity index (χ0) is 19.6. The van der Waals surface area contributed by atoms with Crippen molar-refractivity contribution in [3.63, 3.8) is 0 Å². The summed E-state index contributed by atoms with van der Waals surface area (Å²) in [5, 5.41) is 10.9. The Morgan fingerprint density at radius 3 is 2.52 bits per heavy atom. The predicted molar refractivity (Wildman–Crippen MR) is 118 cm³/mol. The standard InChI is InChI=1S/C21H26N6OS/c28-16-7-12-25(13-8-16)19-6-9-22-20(24-19)26-10-3-11-27(15-14-26)21-23-17-4-1-2-5-18(17)29-21/h1-2,4-6,9,16,28H,3,7-8,10-15H2. The maximum atomic E-state index is 9.75. The second-order valence-corrected chi connectivity index (χ2v) is 8.73. The molecule has 3 aromatic rings. The van der Waals surface area contributed by atoms with Gasteiger partial charge in [-0.2, -0.15) is 4.98 Å². The average Bonchev–Trinajstić information content (AvgIpc) is 3.04. The molecule has 0 bridgehead atoms. The van der Waals surface area contributed by atoms with E-state index in [4.69, 9.17) is 9.97 Å². The number of para-hydroxylation sites is 1. The molecule has 0 saturated carbocycles. The lowest BCUT2D eigenvalue weighted by atomic mass is 10.1. The van der Waals surface area contributed by atoms with Gasteiger partial charge in [0.1, 0.15) is 5.82 Å². The van der Waals surface area contributed by atoms with Gasteiger partial charge in [-0.05, 0) is 37.5 Å². The van der Waals surface area contributed by atoms with Crippen molar-refractivity contribution in [2.75, 3.05) is 54.0 Å². The van der Waals surface area contributed by atoms with Crippen molar-refractivity contribution < 1.29 is 5.11 Å². The van der Waals surface area contributed by atoms with Crippen LogP contribution in [0.4, 0.5) is 16.9 Å². The van der Waals surface area contributed by atoms with Crippen molar-refractivity contribution in [1.29, 1.82) is 0 Å². The molecule has 29 heavy (non-hydrogen) atoms. The first-order chi connectivity index (χ1) is 14.3. The topological polar surface area (TPSA) is 68.6 Å². The van der Waals surface area contributed by atoms with Gasteiger partial charge in [-0.1, -0.05) is 23.5 Å². The van der Waals surface area contributed by atoms with Gasteiger partial charge in [0.15, 0.2) is 5.13 Å². The average molecular weight is 411 g/mol. The van der Waals surface area contributed by atoms with E-state index in [0.29, 0.717) is 0 Å². The number of thiazole rings is 1. The quantitative estimate of drug-likeness (QED) is 0.712. The lowest BCUT2D eigenvalue weighted by molar-refractivity contribution is 0.145. The lowest BCUT2D eigenvalue weighted by Crippen LogP contribution is -2.37. The molecular formula is C21H26N6OS. The largest absolute Gasteiger partial charge is 0.393 e. The maximum Gasteiger partial charge on any atom is 0.227 e. The number of hydrogen-bond donors (Lipinski definition) is 1. The normalized spacial score (nSPS) is 19.0. The van der Waals surface area contributed by atoms with E-state index in [1.165, 1.54) is 4.70 Å². The molecule has 4 heterocycles. The van der Waals surface area contributed by atoms with Crippen LogP contribution >= 0.6 is 11.3 Å². The number of piperidine rings is 1. The van der Waals surface area contributed by atoms with E-state index in [0.717, 1.165) is 80.9 Å². The Morgan fingerprint density at radius 2 is 1.66 bits per heavy atom. The Morgan fingerprint density at radius 1 is 0.862 bits per heavy atom. The van der Waals surface area contributed by atoms with Gasteiger partial charge in [-0.3, -0.25) is 0 Å². The third kappa shape index (κ3) is 4.00. The highest BCUT2D eigenvalue weighted by atomic mass is 32.1. The van der Waals surface area contributed by atoms with Crippen LogP contribution in [0.2, 0.25) is 0 Å². The Kier molecular flexibility index (Phi) is 5.20. The number of aliphatic hydroxyl groups is 1. The Bertz CT molecular complexity index is 937. The molecule has 2 aliphatic rings. The van der Waals surface area contributed by atoms with Crippen LogP contribution in [-0.2, 0) is 0 Å². The van der Waals surface area contributed by atoms with Crippen molar-refractivity contribution in [3.05, 3.63) is 36.5 Å². The molecule has 1 N–H and O–H groups in total. The third-order valence-corrected chi connectivity index (χ3v) is 6.85. The third-order valence-electron chi connectivity index (χ3n) is 5.75. The summed E-state index contributed by atoms with van der Waals surface area (Å²) in [6.07, 6.45) is 4.35. The summed E-state index contributed by atoms with van der Waals surface area (Å²) in [6.45, 7) is 5.46. The SMILES string of the molecule is OC1CCN(c2ccnc(N3CCCN(c4nc5ccccc5s4)CC3)n2)CC1. The van der Waals surface area contributed by atoms with Crippen molar-refractivity contribution >= 4 is 38.5 Å². The molecule has 2 fully saturated rings. The zero-order valence-electron chi connectivity index (χ0n) is 16.4. The van der Waals surface area contributed by atoms with Gasteiger partial charge in [0.2, 0.25) is 5.95 Å². The van der Waals surface area contributed by atoms with Crippen LogP contribution in [0.5, 0.6) is 0 Å². The summed E-state index contributed by atoms with van der Waals surface area (Å²) in [5.74, 6) is 1.77. The molecule has 2 aromatic heterocycles. The molecule has 5 rings (SSSR count). The molecule has 0 amide bonds. The minimum Gasteiger partial charge on any atom is -0.393 e. The second-order valence-electron chi connectivity index (χ2n) is 7.72. The van der Waals surface area contributed by atoms with Crippen LogP contribution in [0.15, 0.2) is 36.5 Å². The number of benzene rings is 1. The molecule has 0 atom stereocenters. The van der Waals surface area contributed by atoms with Crippen LogP contribution in [0.3, 0.4) is 0 Å². The van der Waals surface area contributed by atoms with Gasteiger partial charge in [0.25, 0.3) is 0 Å². The van der Waals surface area contributed by atoms with Crippen LogP contribution in [0.25, 0.3) is 10.2 Å². The van der Waals surface area contributed by atoms with Crippen molar-refractivity contribution in [1.82, 2.24) is 15.0 Å². The highest BCUT2D eigenvalue weighted by molar-refractivity contribution is 7.22. The maximum absolute atomic E-state index is 9.75. The summed E-state index contributed by atoms with van der Waals surface area (Å²) < 4.78 is 1.24. The Labute approximate surface area is 174 Å². The van der Waals surface area contributed by atoms with Crippen molar-refractivity contribution in [2.24, 2.45) is 0 Å². The van der Waals surface area contributed by atoms with E-state index >= 15 is 0 Å².